The molecule has 0 aromatic carbocycles. The summed E-state index contributed by atoms with van der Waals surface area (Å²) >= 11 is 0. The molecule has 0 aliphatic carbocycles. The van der Waals surface area contributed by atoms with Crippen LogP contribution in [0.25, 0.3) is 0 Å². The van der Waals surface area contributed by atoms with Crippen LogP contribution in [0, 0.1) is 0 Å². The van der Waals surface area contributed by atoms with E-state index in [-0.39, 0.29) is 0 Å². The molecular formula is C13H23N5O2. The summed E-state index contributed by atoms with van der Waals surface area (Å²) in [5, 5.41) is 9.45. The number of nitrogens with zero attached hydrogens (tertiary/aromatic N) is 4. The van der Waals surface area contributed by atoms with E-state index in [1.165, 1.54) is 5.01 Å². The molecule has 0 fully saturated rings. The number of ether oxygens (including phenoxy) is 1. The molecule has 1 aromatic heterocycles. The van der Waals surface area contributed by atoms with Gasteiger partial charge in [-0.2, -0.15) is 0 Å². The molecule has 0 bridgehead atoms. The Labute approximate surface area is 119 Å². The van der Waals surface area contributed by atoms with E-state index < -0.39 is 6.09 Å². The van der Waals surface area contributed by atoms with Crippen LogP contribution >= 0.6 is 0 Å². The number of carbonyl (C=O) groups is 1. The maximum absolute atomic E-state index is 11.4. The standard InChI is InChI=1S/C13H23N5O2/c1-5-10-18(6-2)12-9-8-11(14-15-12)16-17(4)13(19)20-7-3/h8-9H,5-7,10H2,1-4H3,(H,14,16). The highest BCUT2D eigenvalue weighted by Crippen LogP contribution is 2.12. The van der Waals surface area contributed by atoms with Crippen molar-refractivity contribution in [2.24, 2.45) is 0 Å². The van der Waals surface area contributed by atoms with Crippen molar-refractivity contribution in [2.45, 2.75) is 27.2 Å². The third-order valence-electron chi connectivity index (χ3n) is 2.67. The van der Waals surface area contributed by atoms with Gasteiger partial charge in [-0.05, 0) is 32.4 Å². The number of rotatable bonds is 7. The Kier molecular flexibility index (Phi) is 6.55. The van der Waals surface area contributed by atoms with Gasteiger partial charge in [0.2, 0.25) is 0 Å². The molecule has 1 amide bonds. The first-order valence-corrected chi connectivity index (χ1v) is 6.88. The van der Waals surface area contributed by atoms with Crippen LogP contribution in [0.4, 0.5) is 16.4 Å². The Bertz CT molecular complexity index is 410. The van der Waals surface area contributed by atoms with Crippen molar-refractivity contribution < 1.29 is 9.53 Å². The summed E-state index contributed by atoms with van der Waals surface area (Å²) in [6, 6.07) is 3.67. The minimum Gasteiger partial charge on any atom is -0.449 e. The lowest BCUT2D eigenvalue weighted by Crippen LogP contribution is -2.33. The van der Waals surface area contributed by atoms with Gasteiger partial charge in [0.1, 0.15) is 0 Å². The molecule has 0 atom stereocenters. The molecule has 0 aliphatic heterocycles. The highest BCUT2D eigenvalue weighted by molar-refractivity contribution is 5.68. The zero-order valence-corrected chi connectivity index (χ0v) is 12.6. The Morgan fingerprint density at radius 2 is 2.05 bits per heavy atom. The van der Waals surface area contributed by atoms with Crippen LogP contribution in [0.1, 0.15) is 27.2 Å². The van der Waals surface area contributed by atoms with Crippen molar-refractivity contribution in [3.8, 4) is 0 Å². The third-order valence-corrected chi connectivity index (χ3v) is 2.67. The number of hydrogen-bond donors (Lipinski definition) is 1. The zero-order chi connectivity index (χ0) is 15.0. The Morgan fingerprint density at radius 3 is 2.55 bits per heavy atom. The van der Waals surface area contributed by atoms with Crippen LogP contribution in [0.15, 0.2) is 12.1 Å². The molecule has 0 aliphatic rings. The van der Waals surface area contributed by atoms with Crippen LogP contribution in [0.5, 0.6) is 0 Å². The maximum atomic E-state index is 11.4. The Morgan fingerprint density at radius 1 is 1.30 bits per heavy atom. The van der Waals surface area contributed by atoms with E-state index in [0.717, 1.165) is 25.3 Å². The molecule has 1 N–H and O–H groups in total. The zero-order valence-electron chi connectivity index (χ0n) is 12.6. The molecule has 0 unspecified atom stereocenters. The fourth-order valence-corrected chi connectivity index (χ4v) is 1.70. The van der Waals surface area contributed by atoms with Gasteiger partial charge in [-0.25, -0.2) is 9.80 Å². The minimum absolute atomic E-state index is 0.331. The number of hydrazine groups is 1. The maximum Gasteiger partial charge on any atom is 0.428 e. The Hall–Kier alpha value is -2.05. The smallest absolute Gasteiger partial charge is 0.428 e. The van der Waals surface area contributed by atoms with Gasteiger partial charge in [-0.3, -0.25) is 5.43 Å². The lowest BCUT2D eigenvalue weighted by atomic mass is 10.4. The average Bonchev–Trinajstić information content (AvgIpc) is 2.46. The molecule has 0 saturated heterocycles. The molecule has 1 rings (SSSR count). The number of aromatic nitrogens is 2. The molecule has 20 heavy (non-hydrogen) atoms. The van der Waals surface area contributed by atoms with Gasteiger partial charge >= 0.3 is 6.09 Å². The number of carbonyl (C=O) groups excluding carboxylic acids is 1. The van der Waals surface area contributed by atoms with E-state index >= 15 is 0 Å². The number of amides is 1. The quantitative estimate of drug-likeness (QED) is 0.772. The average molecular weight is 281 g/mol. The summed E-state index contributed by atoms with van der Waals surface area (Å²) in [5.41, 5.74) is 2.81. The molecule has 1 heterocycles. The fourth-order valence-electron chi connectivity index (χ4n) is 1.70. The van der Waals surface area contributed by atoms with Crippen molar-refractivity contribution in [3.05, 3.63) is 12.1 Å². The lowest BCUT2D eigenvalue weighted by Gasteiger charge is -2.21. The molecule has 7 heteroatoms. The monoisotopic (exact) mass is 281 g/mol. The normalized spacial score (nSPS) is 10.0. The molecule has 0 radical (unpaired) electrons. The van der Waals surface area contributed by atoms with Crippen LogP contribution < -0.4 is 10.3 Å². The van der Waals surface area contributed by atoms with E-state index in [9.17, 15) is 4.79 Å². The third kappa shape index (κ3) is 4.56. The number of hydrogen-bond acceptors (Lipinski definition) is 6. The highest BCUT2D eigenvalue weighted by atomic mass is 16.6. The number of anilines is 2. The van der Waals surface area contributed by atoms with Crippen molar-refractivity contribution in [1.29, 1.82) is 0 Å². The first kappa shape index (κ1) is 16.0. The SMILES string of the molecule is CCCN(CC)c1ccc(NN(C)C(=O)OCC)nn1. The van der Waals surface area contributed by atoms with E-state index in [1.807, 2.05) is 6.07 Å². The largest absolute Gasteiger partial charge is 0.449 e. The highest BCUT2D eigenvalue weighted by Gasteiger charge is 2.10. The first-order chi connectivity index (χ1) is 9.62. The molecule has 1 aromatic rings. The summed E-state index contributed by atoms with van der Waals surface area (Å²) in [6.07, 6.45) is 0.598. The summed E-state index contributed by atoms with van der Waals surface area (Å²) in [4.78, 5) is 13.6. The van der Waals surface area contributed by atoms with Crippen molar-refractivity contribution >= 4 is 17.7 Å². The van der Waals surface area contributed by atoms with E-state index in [4.69, 9.17) is 4.74 Å². The van der Waals surface area contributed by atoms with Gasteiger partial charge in [-0.15, -0.1) is 10.2 Å². The van der Waals surface area contributed by atoms with Gasteiger partial charge in [0, 0.05) is 20.1 Å². The predicted molar refractivity (Wildman–Crippen MR) is 78.6 cm³/mol. The summed E-state index contributed by atoms with van der Waals surface area (Å²) < 4.78 is 4.86. The second-order valence-corrected chi connectivity index (χ2v) is 4.23. The second-order valence-electron chi connectivity index (χ2n) is 4.23. The number of nitrogens with one attached hydrogen (secondary N) is 1. The van der Waals surface area contributed by atoms with Crippen molar-refractivity contribution in [2.75, 3.05) is 37.1 Å². The first-order valence-electron chi connectivity index (χ1n) is 6.88. The molecule has 112 valence electrons. The Balaban J connectivity index is 2.64. The molecule has 0 saturated carbocycles. The van der Waals surface area contributed by atoms with Crippen LogP contribution in [-0.2, 0) is 4.74 Å². The molecule has 7 nitrogen and oxygen atoms in total. The van der Waals surface area contributed by atoms with Crippen LogP contribution in [0.3, 0.4) is 0 Å². The predicted octanol–water partition coefficient (Wildman–Crippen LogP) is 2.13. The molecular weight excluding hydrogens is 258 g/mol. The topological polar surface area (TPSA) is 70.6 Å². The van der Waals surface area contributed by atoms with Gasteiger partial charge < -0.3 is 9.64 Å². The van der Waals surface area contributed by atoms with Gasteiger partial charge in [-0.1, -0.05) is 6.92 Å². The van der Waals surface area contributed by atoms with E-state index in [1.54, 1.807) is 20.0 Å². The summed E-state index contributed by atoms with van der Waals surface area (Å²) in [7, 11) is 1.57. The fraction of sp³-hybridized carbons (Fsp3) is 0.615. The van der Waals surface area contributed by atoms with Gasteiger partial charge in [0.05, 0.1) is 6.61 Å². The minimum atomic E-state index is -0.459. The van der Waals surface area contributed by atoms with Gasteiger partial charge in [0.15, 0.2) is 11.6 Å². The van der Waals surface area contributed by atoms with E-state index in [2.05, 4.69) is 34.4 Å². The van der Waals surface area contributed by atoms with Crippen molar-refractivity contribution in [1.82, 2.24) is 15.2 Å². The molecule has 0 spiro atoms. The summed E-state index contributed by atoms with van der Waals surface area (Å²) in [5.74, 6) is 1.33. The lowest BCUT2D eigenvalue weighted by molar-refractivity contribution is 0.123. The second kappa shape index (κ2) is 8.19. The van der Waals surface area contributed by atoms with Crippen LogP contribution in [-0.4, -0.2) is 48.0 Å². The van der Waals surface area contributed by atoms with Gasteiger partial charge in [0.25, 0.3) is 0 Å². The summed E-state index contributed by atoms with van der Waals surface area (Å²) in [6.45, 7) is 8.13. The van der Waals surface area contributed by atoms with Crippen molar-refractivity contribution in [3.63, 3.8) is 0 Å². The van der Waals surface area contributed by atoms with Crippen LogP contribution in [0.2, 0.25) is 0 Å². The van der Waals surface area contributed by atoms with E-state index in [0.29, 0.717) is 12.4 Å².